The molecule has 0 bridgehead atoms. The summed E-state index contributed by atoms with van der Waals surface area (Å²) in [7, 11) is 2.11. The fraction of sp³-hybridized carbons (Fsp3) is 0.696. The number of benzene rings is 1. The van der Waals surface area contributed by atoms with Crippen LogP contribution in [0.25, 0.3) is 0 Å². The first-order valence-electron chi connectivity index (χ1n) is 10.2. The lowest BCUT2D eigenvalue weighted by Crippen LogP contribution is -2.32. The van der Waals surface area contributed by atoms with E-state index in [1.807, 2.05) is 32.3 Å². The Morgan fingerprint density at radius 3 is 2.37 bits per heavy atom. The summed E-state index contributed by atoms with van der Waals surface area (Å²) >= 11 is 0. The van der Waals surface area contributed by atoms with Crippen molar-refractivity contribution in [3.63, 3.8) is 0 Å². The van der Waals surface area contributed by atoms with E-state index in [0.717, 1.165) is 22.6 Å². The zero-order chi connectivity index (χ0) is 20.2. The van der Waals surface area contributed by atoms with Crippen LogP contribution in [-0.4, -0.2) is 36.6 Å². The van der Waals surface area contributed by atoms with Crippen LogP contribution in [0.1, 0.15) is 70.9 Å². The van der Waals surface area contributed by atoms with Crippen LogP contribution in [0, 0.1) is 19.3 Å². The maximum atomic E-state index is 14.8. The number of aryl methyl sites for hydroxylation is 2. The van der Waals surface area contributed by atoms with E-state index in [0.29, 0.717) is 12.5 Å². The smallest absolute Gasteiger partial charge is 0.142 e. The van der Waals surface area contributed by atoms with Crippen molar-refractivity contribution in [2.24, 2.45) is 10.4 Å². The molecule has 0 heterocycles. The highest BCUT2D eigenvalue weighted by Crippen LogP contribution is 2.33. The van der Waals surface area contributed by atoms with E-state index in [4.69, 9.17) is 4.74 Å². The van der Waals surface area contributed by atoms with Gasteiger partial charge in [-0.3, -0.25) is 0 Å². The molecule has 0 amide bonds. The number of rotatable bonds is 7. The van der Waals surface area contributed by atoms with Crippen LogP contribution >= 0.6 is 0 Å². The number of hydrogen-bond acceptors (Lipinski definition) is 2. The van der Waals surface area contributed by atoms with Crippen LogP contribution in [0.4, 0.5) is 10.1 Å². The van der Waals surface area contributed by atoms with Crippen LogP contribution in [0.2, 0.25) is 0 Å². The van der Waals surface area contributed by atoms with Crippen molar-refractivity contribution in [1.29, 1.82) is 0 Å². The van der Waals surface area contributed by atoms with E-state index >= 15 is 0 Å². The van der Waals surface area contributed by atoms with Gasteiger partial charge in [-0.15, -0.1) is 0 Å². The van der Waals surface area contributed by atoms with Crippen molar-refractivity contribution < 1.29 is 9.13 Å². The molecule has 0 saturated heterocycles. The zero-order valence-corrected chi connectivity index (χ0v) is 18.2. The molecule has 0 radical (unpaired) electrons. The molecule has 152 valence electrons. The summed E-state index contributed by atoms with van der Waals surface area (Å²) < 4.78 is 20.6. The predicted molar refractivity (Wildman–Crippen MR) is 113 cm³/mol. The largest absolute Gasteiger partial charge is 0.490 e. The Balaban J connectivity index is 2.03. The molecule has 27 heavy (non-hydrogen) atoms. The van der Waals surface area contributed by atoms with Gasteiger partial charge in [0.1, 0.15) is 18.0 Å². The van der Waals surface area contributed by atoms with Crippen molar-refractivity contribution in [3.05, 3.63) is 23.3 Å². The Labute approximate surface area is 165 Å². The highest BCUT2D eigenvalue weighted by atomic mass is 19.1. The van der Waals surface area contributed by atoms with Crippen molar-refractivity contribution in [2.45, 2.75) is 85.4 Å². The fourth-order valence-electron chi connectivity index (χ4n) is 4.01. The molecule has 1 aromatic rings. The van der Waals surface area contributed by atoms with Crippen molar-refractivity contribution in [2.75, 3.05) is 13.7 Å². The Bertz CT molecular complexity index is 655. The minimum Gasteiger partial charge on any atom is -0.490 e. The molecule has 4 heteroatoms. The molecule has 1 aromatic carbocycles. The first-order chi connectivity index (χ1) is 12.5. The SMILES string of the molecule is Cc1cc(OCC(C)(F)CC(C)(C)C)c(C)cc1N=CN(C)C1CCCC1. The van der Waals surface area contributed by atoms with E-state index in [1.54, 1.807) is 6.92 Å². The zero-order valence-electron chi connectivity index (χ0n) is 18.2. The van der Waals surface area contributed by atoms with Crippen LogP contribution in [-0.2, 0) is 0 Å². The molecule has 1 aliphatic rings. The van der Waals surface area contributed by atoms with Crippen molar-refractivity contribution in [1.82, 2.24) is 4.90 Å². The molecule has 0 aliphatic heterocycles. The Hall–Kier alpha value is -1.58. The molecular formula is C23H37FN2O. The predicted octanol–water partition coefficient (Wildman–Crippen LogP) is 6.38. The number of halogens is 1. The molecule has 0 aromatic heterocycles. The Morgan fingerprint density at radius 2 is 1.78 bits per heavy atom. The standard InChI is InChI=1S/C23H37FN2O/c1-17-13-21(27-15-23(6,24)14-22(3,4)5)18(2)12-20(17)25-16-26(7)19-10-8-9-11-19/h12-13,16,19H,8-11,14-15H2,1-7H3. The van der Waals surface area contributed by atoms with Crippen LogP contribution in [0.5, 0.6) is 5.75 Å². The first kappa shape index (κ1) is 21.7. The van der Waals surface area contributed by atoms with E-state index in [2.05, 4.69) is 37.7 Å². The van der Waals surface area contributed by atoms with E-state index in [1.165, 1.54) is 25.7 Å². The van der Waals surface area contributed by atoms with Gasteiger partial charge in [0.25, 0.3) is 0 Å². The lowest BCUT2D eigenvalue weighted by Gasteiger charge is -2.29. The number of ether oxygens (including phenoxy) is 1. The van der Waals surface area contributed by atoms with Gasteiger partial charge in [-0.25, -0.2) is 9.38 Å². The second kappa shape index (κ2) is 8.62. The summed E-state index contributed by atoms with van der Waals surface area (Å²) in [5.41, 5.74) is 1.56. The van der Waals surface area contributed by atoms with Crippen LogP contribution in [0.15, 0.2) is 17.1 Å². The maximum Gasteiger partial charge on any atom is 0.142 e. The molecule has 2 rings (SSSR count). The molecule has 1 atom stereocenters. The van der Waals surface area contributed by atoms with Gasteiger partial charge in [-0.05, 0) is 68.7 Å². The van der Waals surface area contributed by atoms with E-state index in [9.17, 15) is 4.39 Å². The molecule has 1 aliphatic carbocycles. The average molecular weight is 377 g/mol. The summed E-state index contributed by atoms with van der Waals surface area (Å²) in [6.45, 7) is 11.9. The second-order valence-corrected chi connectivity index (χ2v) is 9.69. The monoisotopic (exact) mass is 376 g/mol. The summed E-state index contributed by atoms with van der Waals surface area (Å²) in [6.07, 6.45) is 7.55. The average Bonchev–Trinajstić information content (AvgIpc) is 3.06. The van der Waals surface area contributed by atoms with Crippen molar-refractivity contribution in [3.8, 4) is 5.75 Å². The van der Waals surface area contributed by atoms with E-state index in [-0.39, 0.29) is 12.0 Å². The third-order valence-corrected chi connectivity index (χ3v) is 5.20. The maximum absolute atomic E-state index is 14.8. The van der Waals surface area contributed by atoms with Crippen LogP contribution < -0.4 is 4.74 Å². The number of nitrogens with zero attached hydrogens (tertiary/aromatic N) is 2. The van der Waals surface area contributed by atoms with Gasteiger partial charge in [-0.2, -0.15) is 0 Å². The molecule has 0 spiro atoms. The molecule has 0 N–H and O–H groups in total. The highest BCUT2D eigenvalue weighted by molar-refractivity contribution is 5.65. The van der Waals surface area contributed by atoms with Gasteiger partial charge in [-0.1, -0.05) is 33.6 Å². The third-order valence-electron chi connectivity index (χ3n) is 5.20. The highest BCUT2D eigenvalue weighted by Gasteiger charge is 2.30. The minimum absolute atomic E-state index is 0.0670. The fourth-order valence-corrected chi connectivity index (χ4v) is 4.01. The van der Waals surface area contributed by atoms with Gasteiger partial charge in [0.15, 0.2) is 0 Å². The van der Waals surface area contributed by atoms with Gasteiger partial charge in [0.2, 0.25) is 0 Å². The molecule has 1 fully saturated rings. The van der Waals surface area contributed by atoms with Gasteiger partial charge in [0, 0.05) is 13.1 Å². The summed E-state index contributed by atoms with van der Waals surface area (Å²) in [5.74, 6) is 0.744. The molecule has 1 unspecified atom stereocenters. The first-order valence-corrected chi connectivity index (χ1v) is 10.2. The quantitative estimate of drug-likeness (QED) is 0.407. The third kappa shape index (κ3) is 6.82. The van der Waals surface area contributed by atoms with Crippen LogP contribution in [0.3, 0.4) is 0 Å². The molecular weight excluding hydrogens is 339 g/mol. The number of alkyl halides is 1. The normalized spacial score (nSPS) is 18.1. The van der Waals surface area contributed by atoms with Gasteiger partial charge >= 0.3 is 0 Å². The second-order valence-electron chi connectivity index (χ2n) is 9.69. The lowest BCUT2D eigenvalue weighted by molar-refractivity contribution is 0.0597. The summed E-state index contributed by atoms with van der Waals surface area (Å²) in [5, 5.41) is 0. The van der Waals surface area contributed by atoms with Gasteiger partial charge in [0.05, 0.1) is 12.0 Å². The minimum atomic E-state index is -1.35. The Morgan fingerprint density at radius 1 is 1.15 bits per heavy atom. The summed E-state index contributed by atoms with van der Waals surface area (Å²) in [6, 6.07) is 4.62. The lowest BCUT2D eigenvalue weighted by atomic mass is 9.84. The van der Waals surface area contributed by atoms with Gasteiger partial charge < -0.3 is 9.64 Å². The topological polar surface area (TPSA) is 24.8 Å². The summed E-state index contributed by atoms with van der Waals surface area (Å²) in [4.78, 5) is 6.91. The number of hydrogen-bond donors (Lipinski definition) is 0. The Kier molecular flexibility index (Phi) is 6.93. The number of aliphatic imine (C=N–C) groups is 1. The molecule has 3 nitrogen and oxygen atoms in total. The molecule has 1 saturated carbocycles. The van der Waals surface area contributed by atoms with E-state index < -0.39 is 5.67 Å². The van der Waals surface area contributed by atoms with Crippen molar-refractivity contribution >= 4 is 12.0 Å².